The van der Waals surface area contributed by atoms with Crippen LogP contribution < -0.4 is 5.73 Å². The van der Waals surface area contributed by atoms with Gasteiger partial charge in [0.1, 0.15) is 0 Å². The molecule has 0 aliphatic carbocycles. The van der Waals surface area contributed by atoms with Crippen LogP contribution in [0.5, 0.6) is 0 Å². The molecule has 1 aromatic heterocycles. The summed E-state index contributed by atoms with van der Waals surface area (Å²) in [7, 11) is 0. The number of benzene rings is 2. The fourth-order valence-electron chi connectivity index (χ4n) is 2.02. The van der Waals surface area contributed by atoms with Gasteiger partial charge in [-0.15, -0.1) is 11.3 Å². The Morgan fingerprint density at radius 2 is 2.05 bits per heavy atom. The Labute approximate surface area is 120 Å². The Morgan fingerprint density at radius 3 is 2.84 bits per heavy atom. The Bertz CT molecular complexity index is 749. The summed E-state index contributed by atoms with van der Waals surface area (Å²) in [4.78, 5) is 4.67. The van der Waals surface area contributed by atoms with Crippen LogP contribution in [0.4, 0.5) is 5.69 Å². The monoisotopic (exact) mass is 288 g/mol. The molecule has 2 aromatic carbocycles. The lowest BCUT2D eigenvalue weighted by atomic mass is 10.1. The van der Waals surface area contributed by atoms with Crippen LogP contribution in [-0.2, 0) is 6.42 Å². The molecule has 1 heterocycles. The van der Waals surface area contributed by atoms with E-state index in [2.05, 4.69) is 30.1 Å². The molecule has 2 nitrogen and oxygen atoms in total. The topological polar surface area (TPSA) is 38.9 Å². The second-order valence-electron chi connectivity index (χ2n) is 4.61. The second kappa shape index (κ2) is 4.83. The fraction of sp³-hybridized carbons (Fsp3) is 0.133. The molecule has 3 rings (SSSR count). The van der Waals surface area contributed by atoms with Crippen LogP contribution in [-0.4, -0.2) is 4.98 Å². The van der Waals surface area contributed by atoms with Gasteiger partial charge in [-0.3, -0.25) is 0 Å². The number of hydrogen-bond donors (Lipinski definition) is 1. The van der Waals surface area contributed by atoms with Crippen molar-refractivity contribution < 1.29 is 0 Å². The number of rotatable bonds is 2. The average molecular weight is 289 g/mol. The number of anilines is 1. The van der Waals surface area contributed by atoms with Crippen LogP contribution in [0, 0.1) is 6.92 Å². The molecule has 0 atom stereocenters. The molecule has 0 saturated heterocycles. The molecule has 0 spiro atoms. The van der Waals surface area contributed by atoms with E-state index in [0.717, 1.165) is 22.5 Å². The van der Waals surface area contributed by atoms with Crippen LogP contribution >= 0.6 is 22.9 Å². The van der Waals surface area contributed by atoms with Crippen molar-refractivity contribution in [1.29, 1.82) is 0 Å². The van der Waals surface area contributed by atoms with Gasteiger partial charge in [-0.25, -0.2) is 4.98 Å². The molecule has 0 unspecified atom stereocenters. The molecule has 0 bridgehead atoms. The minimum atomic E-state index is 0.606. The van der Waals surface area contributed by atoms with Gasteiger partial charge in [0.15, 0.2) is 0 Å². The van der Waals surface area contributed by atoms with Crippen LogP contribution in [0.1, 0.15) is 16.1 Å². The summed E-state index contributed by atoms with van der Waals surface area (Å²) in [5, 5.41) is 1.70. The third-order valence-corrected chi connectivity index (χ3v) is 4.37. The van der Waals surface area contributed by atoms with Gasteiger partial charge in [-0.2, -0.15) is 0 Å². The fourth-order valence-corrected chi connectivity index (χ4v) is 3.20. The molecule has 0 aliphatic rings. The van der Waals surface area contributed by atoms with Crippen molar-refractivity contribution in [2.75, 3.05) is 5.73 Å². The molecular formula is C15H13ClN2S. The van der Waals surface area contributed by atoms with E-state index in [1.807, 2.05) is 18.2 Å². The molecule has 0 radical (unpaired) electrons. The first-order valence-corrected chi connectivity index (χ1v) is 7.21. The predicted octanol–water partition coefficient (Wildman–Crippen LogP) is 4.43. The smallest absolute Gasteiger partial charge is 0.0982 e. The first kappa shape index (κ1) is 12.5. The number of hydrogen-bond acceptors (Lipinski definition) is 3. The van der Waals surface area contributed by atoms with Crippen molar-refractivity contribution in [3.8, 4) is 0 Å². The largest absolute Gasteiger partial charge is 0.398 e. The maximum absolute atomic E-state index is 6.04. The van der Waals surface area contributed by atoms with E-state index < -0.39 is 0 Å². The summed E-state index contributed by atoms with van der Waals surface area (Å²) in [6.45, 7) is 2.08. The summed E-state index contributed by atoms with van der Waals surface area (Å²) in [6.07, 6.45) is 0.790. The SMILES string of the molecule is Cc1ccc2sc(Cc3ccc(N)c(Cl)c3)nc2c1. The van der Waals surface area contributed by atoms with Gasteiger partial charge in [0.25, 0.3) is 0 Å². The highest BCUT2D eigenvalue weighted by molar-refractivity contribution is 7.18. The van der Waals surface area contributed by atoms with Crippen molar-refractivity contribution >= 4 is 38.8 Å². The Balaban J connectivity index is 1.94. The number of halogens is 1. The van der Waals surface area contributed by atoms with Gasteiger partial charge in [0.2, 0.25) is 0 Å². The Morgan fingerprint density at radius 1 is 1.21 bits per heavy atom. The quantitative estimate of drug-likeness (QED) is 0.709. The number of nitrogen functional groups attached to an aromatic ring is 1. The lowest BCUT2D eigenvalue weighted by molar-refractivity contribution is 1.15. The Kier molecular flexibility index (Phi) is 3.17. The average Bonchev–Trinajstić information content (AvgIpc) is 2.75. The summed E-state index contributed by atoms with van der Waals surface area (Å²) in [5.41, 5.74) is 9.77. The zero-order valence-corrected chi connectivity index (χ0v) is 12.1. The van der Waals surface area contributed by atoms with Crippen LogP contribution in [0.25, 0.3) is 10.2 Å². The summed E-state index contributed by atoms with van der Waals surface area (Å²) >= 11 is 7.76. The molecule has 0 fully saturated rings. The Hall–Kier alpha value is -1.58. The molecule has 0 aliphatic heterocycles. The van der Waals surface area contributed by atoms with Crippen molar-refractivity contribution in [3.63, 3.8) is 0 Å². The number of aromatic nitrogens is 1. The minimum Gasteiger partial charge on any atom is -0.398 e. The van der Waals surface area contributed by atoms with Gasteiger partial charge < -0.3 is 5.73 Å². The van der Waals surface area contributed by atoms with E-state index in [4.69, 9.17) is 17.3 Å². The highest BCUT2D eigenvalue weighted by Gasteiger charge is 2.06. The normalized spacial score (nSPS) is 11.1. The standard InChI is InChI=1S/C15H13ClN2S/c1-9-2-5-14-13(6-9)18-15(19-14)8-10-3-4-12(17)11(16)7-10/h2-7H,8,17H2,1H3. The lowest BCUT2D eigenvalue weighted by Gasteiger charge is -2.01. The maximum atomic E-state index is 6.04. The first-order valence-electron chi connectivity index (χ1n) is 6.02. The molecule has 0 amide bonds. The van der Waals surface area contributed by atoms with E-state index in [1.165, 1.54) is 10.3 Å². The molecule has 96 valence electrons. The van der Waals surface area contributed by atoms with E-state index in [9.17, 15) is 0 Å². The van der Waals surface area contributed by atoms with E-state index >= 15 is 0 Å². The van der Waals surface area contributed by atoms with Crippen molar-refractivity contribution in [2.24, 2.45) is 0 Å². The molecule has 4 heteroatoms. The number of nitrogens with zero attached hydrogens (tertiary/aromatic N) is 1. The third-order valence-electron chi connectivity index (χ3n) is 3.01. The molecule has 19 heavy (non-hydrogen) atoms. The third kappa shape index (κ3) is 2.57. The molecule has 2 N–H and O–H groups in total. The highest BCUT2D eigenvalue weighted by atomic mass is 35.5. The van der Waals surface area contributed by atoms with Crippen molar-refractivity contribution in [3.05, 3.63) is 57.6 Å². The number of fused-ring (bicyclic) bond motifs is 1. The number of thiazole rings is 1. The summed E-state index contributed by atoms with van der Waals surface area (Å²) in [6, 6.07) is 12.1. The van der Waals surface area contributed by atoms with Gasteiger partial charge in [-0.05, 0) is 42.3 Å². The summed E-state index contributed by atoms with van der Waals surface area (Å²) in [5.74, 6) is 0. The molecule has 0 saturated carbocycles. The van der Waals surface area contributed by atoms with E-state index in [-0.39, 0.29) is 0 Å². The molecule has 3 aromatic rings. The van der Waals surface area contributed by atoms with Gasteiger partial charge in [0.05, 0.1) is 25.9 Å². The maximum Gasteiger partial charge on any atom is 0.0982 e. The zero-order valence-electron chi connectivity index (χ0n) is 10.5. The van der Waals surface area contributed by atoms with Gasteiger partial charge in [-0.1, -0.05) is 23.7 Å². The lowest BCUT2D eigenvalue weighted by Crippen LogP contribution is -1.90. The van der Waals surface area contributed by atoms with Gasteiger partial charge >= 0.3 is 0 Å². The minimum absolute atomic E-state index is 0.606. The predicted molar refractivity (Wildman–Crippen MR) is 83.0 cm³/mol. The van der Waals surface area contributed by atoms with Crippen LogP contribution in [0.2, 0.25) is 5.02 Å². The van der Waals surface area contributed by atoms with Gasteiger partial charge in [0, 0.05) is 6.42 Å². The van der Waals surface area contributed by atoms with E-state index in [1.54, 1.807) is 11.3 Å². The van der Waals surface area contributed by atoms with E-state index in [0.29, 0.717) is 10.7 Å². The van der Waals surface area contributed by atoms with Crippen molar-refractivity contribution in [1.82, 2.24) is 4.98 Å². The zero-order chi connectivity index (χ0) is 13.4. The summed E-state index contributed by atoms with van der Waals surface area (Å²) < 4.78 is 1.22. The number of aryl methyl sites for hydroxylation is 1. The second-order valence-corrected chi connectivity index (χ2v) is 6.13. The van der Waals surface area contributed by atoms with Crippen molar-refractivity contribution in [2.45, 2.75) is 13.3 Å². The first-order chi connectivity index (χ1) is 9.11. The highest BCUT2D eigenvalue weighted by Crippen LogP contribution is 2.26. The number of nitrogens with two attached hydrogens (primary N) is 1. The van der Waals surface area contributed by atoms with Crippen LogP contribution in [0.3, 0.4) is 0 Å². The van der Waals surface area contributed by atoms with Crippen LogP contribution in [0.15, 0.2) is 36.4 Å². The molecular weight excluding hydrogens is 276 g/mol.